The summed E-state index contributed by atoms with van der Waals surface area (Å²) in [6.07, 6.45) is 0.660. The zero-order valence-corrected chi connectivity index (χ0v) is 13.6. The Labute approximate surface area is 136 Å². The summed E-state index contributed by atoms with van der Waals surface area (Å²) in [5, 5.41) is 8.82. The van der Waals surface area contributed by atoms with E-state index in [2.05, 4.69) is 16.0 Å². The summed E-state index contributed by atoms with van der Waals surface area (Å²) in [5.74, 6) is 0.667. The van der Waals surface area contributed by atoms with Gasteiger partial charge in [-0.05, 0) is 18.6 Å². The van der Waals surface area contributed by atoms with Crippen LogP contribution >= 0.6 is 0 Å². The number of nitrogens with one attached hydrogen (secondary N) is 3. The van der Waals surface area contributed by atoms with Crippen molar-refractivity contribution in [2.24, 2.45) is 0 Å². The minimum Gasteiger partial charge on any atom is -0.497 e. The second-order valence-corrected chi connectivity index (χ2v) is 5.35. The van der Waals surface area contributed by atoms with Crippen LogP contribution in [0.2, 0.25) is 0 Å². The van der Waals surface area contributed by atoms with Gasteiger partial charge in [-0.1, -0.05) is 13.0 Å². The summed E-state index contributed by atoms with van der Waals surface area (Å²) >= 11 is 0. The minimum atomic E-state index is -0.325. The fourth-order valence-electron chi connectivity index (χ4n) is 2.43. The molecule has 3 amide bonds. The van der Waals surface area contributed by atoms with E-state index in [1.807, 2.05) is 31.2 Å². The highest BCUT2D eigenvalue weighted by atomic mass is 16.5. The van der Waals surface area contributed by atoms with Crippen molar-refractivity contribution >= 4 is 17.6 Å². The van der Waals surface area contributed by atoms with Crippen molar-refractivity contribution < 1.29 is 14.3 Å². The Morgan fingerprint density at radius 2 is 2.30 bits per heavy atom. The molecule has 2 rings (SSSR count). The lowest BCUT2D eigenvalue weighted by atomic mass is 10.2. The van der Waals surface area contributed by atoms with Crippen LogP contribution in [0.15, 0.2) is 24.3 Å². The molecule has 1 heterocycles. The van der Waals surface area contributed by atoms with Gasteiger partial charge in [0.15, 0.2) is 0 Å². The van der Waals surface area contributed by atoms with Crippen molar-refractivity contribution in [1.29, 1.82) is 0 Å². The standard InChI is InChI=1S/C16H24N4O3/c1-3-14(19-12-5-4-6-13(11-12)23-2)15(21)17-7-9-20-10-8-18-16(20)22/h4-6,11,14,19H,3,7-10H2,1-2H3,(H,17,21)(H,18,22)/t14-/m1/s1. The van der Waals surface area contributed by atoms with Gasteiger partial charge in [0.05, 0.1) is 7.11 Å². The summed E-state index contributed by atoms with van der Waals surface area (Å²) in [4.78, 5) is 25.4. The van der Waals surface area contributed by atoms with Crippen LogP contribution in [0.5, 0.6) is 5.75 Å². The van der Waals surface area contributed by atoms with Crippen LogP contribution in [0.25, 0.3) is 0 Å². The molecule has 0 radical (unpaired) electrons. The fourth-order valence-corrected chi connectivity index (χ4v) is 2.43. The van der Waals surface area contributed by atoms with Gasteiger partial charge < -0.3 is 25.6 Å². The van der Waals surface area contributed by atoms with Gasteiger partial charge in [0.25, 0.3) is 0 Å². The topological polar surface area (TPSA) is 82.7 Å². The zero-order valence-electron chi connectivity index (χ0n) is 13.6. The van der Waals surface area contributed by atoms with Gasteiger partial charge in [-0.2, -0.15) is 0 Å². The van der Waals surface area contributed by atoms with Gasteiger partial charge in [0.1, 0.15) is 11.8 Å². The number of ether oxygens (including phenoxy) is 1. The van der Waals surface area contributed by atoms with Gasteiger partial charge in [0.2, 0.25) is 5.91 Å². The summed E-state index contributed by atoms with van der Waals surface area (Å²) in [7, 11) is 1.61. The van der Waals surface area contributed by atoms with Crippen LogP contribution in [0, 0.1) is 0 Å². The lowest BCUT2D eigenvalue weighted by Gasteiger charge is -2.20. The minimum absolute atomic E-state index is 0.0687. The maximum Gasteiger partial charge on any atom is 0.317 e. The molecule has 126 valence electrons. The number of benzene rings is 1. The van der Waals surface area contributed by atoms with Crippen molar-refractivity contribution in [3.63, 3.8) is 0 Å². The predicted octanol–water partition coefficient (Wildman–Crippen LogP) is 1.03. The van der Waals surface area contributed by atoms with Crippen molar-refractivity contribution in [3.05, 3.63) is 24.3 Å². The third kappa shape index (κ3) is 4.77. The second kappa shape index (κ2) is 8.26. The molecule has 0 bridgehead atoms. The number of anilines is 1. The van der Waals surface area contributed by atoms with Crippen LogP contribution in [-0.4, -0.2) is 56.2 Å². The Bertz CT molecular complexity index is 550. The molecule has 1 fully saturated rings. The third-order valence-corrected chi connectivity index (χ3v) is 3.76. The van der Waals surface area contributed by atoms with E-state index in [9.17, 15) is 9.59 Å². The normalized spacial score (nSPS) is 15.0. The summed E-state index contributed by atoms with van der Waals surface area (Å²) in [5.41, 5.74) is 0.838. The molecular formula is C16H24N4O3. The van der Waals surface area contributed by atoms with Crippen molar-refractivity contribution in [1.82, 2.24) is 15.5 Å². The number of carbonyl (C=O) groups is 2. The molecule has 7 nitrogen and oxygen atoms in total. The molecule has 0 aromatic heterocycles. The van der Waals surface area contributed by atoms with E-state index < -0.39 is 0 Å². The monoisotopic (exact) mass is 320 g/mol. The molecule has 1 aliphatic rings. The van der Waals surface area contributed by atoms with E-state index in [0.717, 1.165) is 11.4 Å². The first kappa shape index (κ1) is 16.9. The molecule has 7 heteroatoms. The van der Waals surface area contributed by atoms with Crippen LogP contribution in [0.1, 0.15) is 13.3 Å². The molecule has 0 unspecified atom stereocenters. The largest absolute Gasteiger partial charge is 0.497 e. The average molecular weight is 320 g/mol. The zero-order chi connectivity index (χ0) is 16.7. The molecule has 1 atom stereocenters. The lowest BCUT2D eigenvalue weighted by molar-refractivity contribution is -0.121. The summed E-state index contributed by atoms with van der Waals surface area (Å²) < 4.78 is 5.18. The van der Waals surface area contributed by atoms with Gasteiger partial charge in [0, 0.05) is 37.9 Å². The van der Waals surface area contributed by atoms with Crippen LogP contribution in [0.3, 0.4) is 0 Å². The second-order valence-electron chi connectivity index (χ2n) is 5.35. The average Bonchev–Trinajstić information content (AvgIpc) is 2.98. The highest BCUT2D eigenvalue weighted by Crippen LogP contribution is 2.18. The van der Waals surface area contributed by atoms with Gasteiger partial charge in [-0.3, -0.25) is 4.79 Å². The van der Waals surface area contributed by atoms with Crippen molar-refractivity contribution in [3.8, 4) is 5.75 Å². The van der Waals surface area contributed by atoms with E-state index in [1.165, 1.54) is 0 Å². The highest BCUT2D eigenvalue weighted by molar-refractivity contribution is 5.84. The Hall–Kier alpha value is -2.44. The van der Waals surface area contributed by atoms with E-state index in [0.29, 0.717) is 32.6 Å². The SMILES string of the molecule is CC[C@@H](Nc1cccc(OC)c1)C(=O)NCCN1CCNC1=O. The summed E-state index contributed by atoms with van der Waals surface area (Å²) in [6, 6.07) is 7.08. The maximum atomic E-state index is 12.3. The quantitative estimate of drug-likeness (QED) is 0.668. The summed E-state index contributed by atoms with van der Waals surface area (Å²) in [6.45, 7) is 4.27. The fraction of sp³-hybridized carbons (Fsp3) is 0.500. The number of hydrogen-bond acceptors (Lipinski definition) is 4. The molecule has 0 saturated carbocycles. The number of amides is 3. The number of rotatable bonds is 8. The molecule has 23 heavy (non-hydrogen) atoms. The lowest BCUT2D eigenvalue weighted by Crippen LogP contribution is -2.43. The number of carbonyl (C=O) groups excluding carboxylic acids is 2. The molecule has 0 spiro atoms. The molecule has 0 aliphatic carbocycles. The predicted molar refractivity (Wildman–Crippen MR) is 88.7 cm³/mol. The first-order chi connectivity index (χ1) is 11.1. The first-order valence-corrected chi connectivity index (χ1v) is 7.85. The third-order valence-electron chi connectivity index (χ3n) is 3.76. The Balaban J connectivity index is 1.81. The molecular weight excluding hydrogens is 296 g/mol. The number of hydrogen-bond donors (Lipinski definition) is 3. The molecule has 1 aliphatic heterocycles. The van der Waals surface area contributed by atoms with Crippen molar-refractivity contribution in [2.75, 3.05) is 38.6 Å². The molecule has 1 aromatic rings. The van der Waals surface area contributed by atoms with Crippen LogP contribution < -0.4 is 20.7 Å². The molecule has 1 aromatic carbocycles. The van der Waals surface area contributed by atoms with Gasteiger partial charge in [-0.25, -0.2) is 4.79 Å². The van der Waals surface area contributed by atoms with Gasteiger partial charge in [-0.15, -0.1) is 0 Å². The Kier molecular flexibility index (Phi) is 6.08. The van der Waals surface area contributed by atoms with E-state index in [4.69, 9.17) is 4.74 Å². The Morgan fingerprint density at radius 1 is 1.48 bits per heavy atom. The molecule has 1 saturated heterocycles. The van der Waals surface area contributed by atoms with Gasteiger partial charge >= 0.3 is 6.03 Å². The van der Waals surface area contributed by atoms with Crippen molar-refractivity contribution in [2.45, 2.75) is 19.4 Å². The Morgan fingerprint density at radius 3 is 2.96 bits per heavy atom. The van der Waals surface area contributed by atoms with E-state index in [-0.39, 0.29) is 18.0 Å². The van der Waals surface area contributed by atoms with Crippen LogP contribution in [0.4, 0.5) is 10.5 Å². The van der Waals surface area contributed by atoms with Crippen LogP contribution in [-0.2, 0) is 4.79 Å². The van der Waals surface area contributed by atoms with E-state index in [1.54, 1.807) is 12.0 Å². The maximum absolute atomic E-state index is 12.3. The van der Waals surface area contributed by atoms with E-state index >= 15 is 0 Å². The number of nitrogens with zero attached hydrogens (tertiary/aromatic N) is 1. The molecule has 3 N–H and O–H groups in total. The smallest absolute Gasteiger partial charge is 0.317 e. The highest BCUT2D eigenvalue weighted by Gasteiger charge is 2.20. The first-order valence-electron chi connectivity index (χ1n) is 7.85. The number of methoxy groups -OCH3 is 1. The number of urea groups is 1.